The van der Waals surface area contributed by atoms with E-state index in [4.69, 9.17) is 5.73 Å². The van der Waals surface area contributed by atoms with Crippen molar-refractivity contribution in [1.29, 1.82) is 0 Å². The zero-order chi connectivity index (χ0) is 8.39. The maximum absolute atomic E-state index is 5.40. The first-order valence-corrected chi connectivity index (χ1v) is 4.43. The highest BCUT2D eigenvalue weighted by Gasteiger charge is 2.17. The molecule has 1 heterocycles. The number of anilines is 1. The fraction of sp³-hybridized carbons (Fsp3) is 0.556. The molecule has 0 aliphatic heterocycles. The summed E-state index contributed by atoms with van der Waals surface area (Å²) >= 11 is 0. The van der Waals surface area contributed by atoms with Gasteiger partial charge >= 0.3 is 0 Å². The molecule has 1 aromatic rings. The number of nitrogens with two attached hydrogens (primary N) is 1. The van der Waals surface area contributed by atoms with Crippen LogP contribution in [0, 0.1) is 0 Å². The highest BCUT2D eigenvalue weighted by molar-refractivity contribution is 5.20. The molecule has 1 aromatic heterocycles. The largest absolute Gasteiger partial charge is 0.368 e. The lowest BCUT2D eigenvalue weighted by Gasteiger charge is -2.06. The van der Waals surface area contributed by atoms with Gasteiger partial charge < -0.3 is 5.73 Å². The maximum atomic E-state index is 5.40. The van der Waals surface area contributed by atoms with E-state index in [2.05, 4.69) is 9.97 Å². The van der Waals surface area contributed by atoms with Crippen LogP contribution in [0.25, 0.3) is 0 Å². The molecule has 1 aliphatic carbocycles. The monoisotopic (exact) mass is 163 g/mol. The average molecular weight is 163 g/mol. The molecule has 2 rings (SSSR count). The van der Waals surface area contributed by atoms with Gasteiger partial charge in [-0.15, -0.1) is 0 Å². The van der Waals surface area contributed by atoms with Crippen LogP contribution in [0.5, 0.6) is 0 Å². The van der Waals surface area contributed by atoms with Crippen LogP contribution in [-0.4, -0.2) is 9.97 Å². The van der Waals surface area contributed by atoms with Gasteiger partial charge in [0.1, 0.15) is 0 Å². The van der Waals surface area contributed by atoms with Crippen molar-refractivity contribution in [2.24, 2.45) is 0 Å². The first-order chi connectivity index (χ1) is 5.86. The Balaban J connectivity index is 2.17. The van der Waals surface area contributed by atoms with Crippen LogP contribution in [0.15, 0.2) is 12.4 Å². The Morgan fingerprint density at radius 3 is 2.33 bits per heavy atom. The summed E-state index contributed by atoms with van der Waals surface area (Å²) in [5.41, 5.74) is 6.65. The topological polar surface area (TPSA) is 51.8 Å². The molecule has 0 saturated heterocycles. The normalized spacial score (nSPS) is 18.3. The van der Waals surface area contributed by atoms with E-state index in [1.165, 1.54) is 31.2 Å². The highest BCUT2D eigenvalue weighted by Crippen LogP contribution is 2.33. The summed E-state index contributed by atoms with van der Waals surface area (Å²) in [6, 6.07) is 0. The molecule has 3 heteroatoms. The van der Waals surface area contributed by atoms with E-state index in [1.54, 1.807) is 0 Å². The Bertz CT molecular complexity index is 249. The van der Waals surface area contributed by atoms with E-state index < -0.39 is 0 Å². The smallest absolute Gasteiger partial charge is 0.219 e. The molecule has 1 aliphatic rings. The second-order valence-electron chi connectivity index (χ2n) is 3.36. The molecule has 0 unspecified atom stereocenters. The maximum Gasteiger partial charge on any atom is 0.219 e. The molecule has 0 amide bonds. The van der Waals surface area contributed by atoms with E-state index >= 15 is 0 Å². The van der Waals surface area contributed by atoms with Crippen LogP contribution in [0.3, 0.4) is 0 Å². The van der Waals surface area contributed by atoms with E-state index in [0.29, 0.717) is 11.9 Å². The standard InChI is InChI=1S/C9H13N3/c10-9-11-5-8(6-12-9)7-3-1-2-4-7/h5-7H,1-4H2,(H2,10,11,12). The van der Waals surface area contributed by atoms with Crippen LogP contribution in [0.4, 0.5) is 5.95 Å². The third-order valence-electron chi connectivity index (χ3n) is 2.52. The molecule has 1 fully saturated rings. The van der Waals surface area contributed by atoms with Gasteiger partial charge in [-0.2, -0.15) is 0 Å². The number of hydrogen-bond donors (Lipinski definition) is 1. The summed E-state index contributed by atoms with van der Waals surface area (Å²) in [4.78, 5) is 7.98. The molecule has 12 heavy (non-hydrogen) atoms. The Labute approximate surface area is 72.0 Å². The molecule has 0 bridgehead atoms. The first kappa shape index (κ1) is 7.53. The molecule has 0 spiro atoms. The van der Waals surface area contributed by atoms with Crippen molar-refractivity contribution in [2.45, 2.75) is 31.6 Å². The molecular weight excluding hydrogens is 150 g/mol. The van der Waals surface area contributed by atoms with E-state index in [0.717, 1.165) is 0 Å². The minimum atomic E-state index is 0.372. The first-order valence-electron chi connectivity index (χ1n) is 4.43. The second-order valence-corrected chi connectivity index (χ2v) is 3.36. The van der Waals surface area contributed by atoms with Gasteiger partial charge in [-0.05, 0) is 24.3 Å². The van der Waals surface area contributed by atoms with Crippen molar-refractivity contribution in [3.63, 3.8) is 0 Å². The van der Waals surface area contributed by atoms with E-state index in [9.17, 15) is 0 Å². The second kappa shape index (κ2) is 3.09. The Morgan fingerprint density at radius 1 is 1.17 bits per heavy atom. The van der Waals surface area contributed by atoms with Gasteiger partial charge in [-0.25, -0.2) is 9.97 Å². The predicted molar refractivity (Wildman–Crippen MR) is 47.7 cm³/mol. The molecule has 0 radical (unpaired) electrons. The number of hydrogen-bond acceptors (Lipinski definition) is 3. The summed E-state index contributed by atoms with van der Waals surface area (Å²) in [5, 5.41) is 0. The summed E-state index contributed by atoms with van der Waals surface area (Å²) in [6.07, 6.45) is 8.97. The number of nitrogens with zero attached hydrogens (tertiary/aromatic N) is 2. The molecule has 0 aromatic carbocycles. The number of rotatable bonds is 1. The quantitative estimate of drug-likeness (QED) is 0.685. The lowest BCUT2D eigenvalue weighted by atomic mass is 10.0. The van der Waals surface area contributed by atoms with Gasteiger partial charge in [0.15, 0.2) is 0 Å². The highest BCUT2D eigenvalue weighted by atomic mass is 15.0. The SMILES string of the molecule is Nc1ncc(C2CCCC2)cn1. The van der Waals surface area contributed by atoms with Crippen molar-refractivity contribution in [3.05, 3.63) is 18.0 Å². The molecule has 0 atom stereocenters. The van der Waals surface area contributed by atoms with Gasteiger partial charge in [0.25, 0.3) is 0 Å². The summed E-state index contributed by atoms with van der Waals surface area (Å²) in [7, 11) is 0. The van der Waals surface area contributed by atoms with E-state index in [1.807, 2.05) is 12.4 Å². The van der Waals surface area contributed by atoms with Crippen molar-refractivity contribution in [3.8, 4) is 0 Å². The zero-order valence-electron chi connectivity index (χ0n) is 7.03. The van der Waals surface area contributed by atoms with Gasteiger partial charge in [0, 0.05) is 12.4 Å². The summed E-state index contributed by atoms with van der Waals surface area (Å²) < 4.78 is 0. The number of nitrogen functional groups attached to an aromatic ring is 1. The number of aromatic nitrogens is 2. The van der Waals surface area contributed by atoms with Gasteiger partial charge in [-0.1, -0.05) is 12.8 Å². The molecule has 64 valence electrons. The van der Waals surface area contributed by atoms with Crippen molar-refractivity contribution in [2.75, 3.05) is 5.73 Å². The average Bonchev–Trinajstić information content (AvgIpc) is 2.58. The van der Waals surface area contributed by atoms with Gasteiger partial charge in [0.2, 0.25) is 5.95 Å². The minimum Gasteiger partial charge on any atom is -0.368 e. The lowest BCUT2D eigenvalue weighted by molar-refractivity contribution is 0.715. The fourth-order valence-electron chi connectivity index (χ4n) is 1.82. The predicted octanol–water partition coefficient (Wildman–Crippen LogP) is 1.72. The summed E-state index contributed by atoms with van der Waals surface area (Å²) in [6.45, 7) is 0. The van der Waals surface area contributed by atoms with Crippen molar-refractivity contribution < 1.29 is 0 Å². The van der Waals surface area contributed by atoms with E-state index in [-0.39, 0.29) is 0 Å². The van der Waals surface area contributed by atoms with Gasteiger partial charge in [0.05, 0.1) is 0 Å². The van der Waals surface area contributed by atoms with Crippen molar-refractivity contribution >= 4 is 5.95 Å². The van der Waals surface area contributed by atoms with Crippen LogP contribution in [-0.2, 0) is 0 Å². The molecule has 1 saturated carbocycles. The molecular formula is C9H13N3. The van der Waals surface area contributed by atoms with Crippen LogP contribution < -0.4 is 5.73 Å². The van der Waals surface area contributed by atoms with Crippen LogP contribution in [0.1, 0.15) is 37.2 Å². The Hall–Kier alpha value is -1.12. The zero-order valence-corrected chi connectivity index (χ0v) is 7.03. The van der Waals surface area contributed by atoms with Crippen molar-refractivity contribution in [1.82, 2.24) is 9.97 Å². The van der Waals surface area contributed by atoms with Crippen LogP contribution >= 0.6 is 0 Å². The Kier molecular flexibility index (Phi) is 1.94. The Morgan fingerprint density at radius 2 is 1.75 bits per heavy atom. The fourth-order valence-corrected chi connectivity index (χ4v) is 1.82. The lowest BCUT2D eigenvalue weighted by Crippen LogP contribution is -1.98. The molecule has 3 nitrogen and oxygen atoms in total. The molecule has 2 N–H and O–H groups in total. The third kappa shape index (κ3) is 1.40. The van der Waals surface area contributed by atoms with Gasteiger partial charge in [-0.3, -0.25) is 0 Å². The van der Waals surface area contributed by atoms with Crippen LogP contribution in [0.2, 0.25) is 0 Å². The minimum absolute atomic E-state index is 0.372. The summed E-state index contributed by atoms with van der Waals surface area (Å²) in [5.74, 6) is 1.06. The third-order valence-corrected chi connectivity index (χ3v) is 2.52.